The van der Waals surface area contributed by atoms with Gasteiger partial charge in [0.2, 0.25) is 0 Å². The SMILES string of the molecule is Cc1ccc(N(C2=CCC=CC=C2)c2ccc(-c3ccc(N(c4ccccc4)C4C=CC=CC4)cc3)cc2)cc1. The van der Waals surface area contributed by atoms with E-state index in [-0.39, 0.29) is 0 Å². The van der Waals surface area contributed by atoms with Crippen molar-refractivity contribution < 1.29 is 0 Å². The van der Waals surface area contributed by atoms with Gasteiger partial charge in [-0.25, -0.2) is 0 Å². The lowest BCUT2D eigenvalue weighted by Gasteiger charge is -2.32. The fourth-order valence-corrected chi connectivity index (χ4v) is 5.37. The van der Waals surface area contributed by atoms with Crippen LogP contribution in [0, 0.1) is 6.92 Å². The van der Waals surface area contributed by atoms with Gasteiger partial charge in [-0.3, -0.25) is 0 Å². The molecule has 0 saturated carbocycles. The molecule has 0 aliphatic heterocycles. The second kappa shape index (κ2) is 11.9. The van der Waals surface area contributed by atoms with Crippen LogP contribution in [0.3, 0.4) is 0 Å². The van der Waals surface area contributed by atoms with Crippen LogP contribution in [-0.4, -0.2) is 6.04 Å². The lowest BCUT2D eigenvalue weighted by Crippen LogP contribution is -2.29. The molecule has 2 aliphatic rings. The van der Waals surface area contributed by atoms with Gasteiger partial charge >= 0.3 is 0 Å². The molecule has 0 heterocycles. The van der Waals surface area contributed by atoms with Gasteiger partial charge in [0.1, 0.15) is 0 Å². The van der Waals surface area contributed by atoms with Gasteiger partial charge in [0, 0.05) is 28.4 Å². The minimum absolute atomic E-state index is 0.299. The van der Waals surface area contributed by atoms with E-state index < -0.39 is 0 Å². The first-order chi connectivity index (χ1) is 19.8. The standard InChI is InChI=1S/C38H34N2/c1-30-18-24-36(25-19-30)40(35-12-6-2-3-7-13-35)38-28-22-32(23-29-38)31-20-26-37(27-21-31)39(33-14-8-4-9-15-33)34-16-10-5-11-17-34/h2-6,8-16,18-29,34H,7,17H2,1H3. The third kappa shape index (κ3) is 5.62. The molecule has 0 N–H and O–H groups in total. The Bertz CT molecular complexity index is 1570. The normalized spacial score (nSPS) is 15.9. The molecule has 0 amide bonds. The summed E-state index contributed by atoms with van der Waals surface area (Å²) >= 11 is 0. The molecule has 2 nitrogen and oxygen atoms in total. The summed E-state index contributed by atoms with van der Waals surface area (Å²) < 4.78 is 0. The van der Waals surface area contributed by atoms with E-state index in [1.54, 1.807) is 0 Å². The number of benzene rings is 4. The molecule has 0 aromatic heterocycles. The molecule has 1 atom stereocenters. The zero-order chi connectivity index (χ0) is 27.1. The van der Waals surface area contributed by atoms with Crippen molar-refractivity contribution in [3.8, 4) is 11.1 Å². The summed E-state index contributed by atoms with van der Waals surface area (Å²) in [6.07, 6.45) is 21.6. The fourth-order valence-electron chi connectivity index (χ4n) is 5.37. The quantitative estimate of drug-likeness (QED) is 0.240. The summed E-state index contributed by atoms with van der Waals surface area (Å²) in [5.41, 5.74) is 9.57. The first-order valence-corrected chi connectivity index (χ1v) is 14.0. The maximum absolute atomic E-state index is 2.43. The van der Waals surface area contributed by atoms with Crippen LogP contribution in [0.5, 0.6) is 0 Å². The number of nitrogens with zero attached hydrogens (tertiary/aromatic N) is 2. The summed E-state index contributed by atoms with van der Waals surface area (Å²) in [5, 5.41) is 0. The van der Waals surface area contributed by atoms with Gasteiger partial charge in [-0.2, -0.15) is 0 Å². The molecule has 6 rings (SSSR count). The monoisotopic (exact) mass is 518 g/mol. The van der Waals surface area contributed by atoms with Gasteiger partial charge in [-0.15, -0.1) is 0 Å². The van der Waals surface area contributed by atoms with Gasteiger partial charge < -0.3 is 9.80 Å². The van der Waals surface area contributed by atoms with E-state index in [9.17, 15) is 0 Å². The van der Waals surface area contributed by atoms with Crippen molar-refractivity contribution in [3.63, 3.8) is 0 Å². The molecule has 4 aromatic rings. The van der Waals surface area contributed by atoms with E-state index in [1.807, 2.05) is 0 Å². The predicted octanol–water partition coefficient (Wildman–Crippen LogP) is 10.2. The molecule has 40 heavy (non-hydrogen) atoms. The van der Waals surface area contributed by atoms with Crippen LogP contribution < -0.4 is 9.80 Å². The third-order valence-corrected chi connectivity index (χ3v) is 7.46. The number of aryl methyl sites for hydroxylation is 1. The molecule has 0 fully saturated rings. The van der Waals surface area contributed by atoms with E-state index in [1.165, 1.54) is 33.8 Å². The third-order valence-electron chi connectivity index (χ3n) is 7.46. The molecule has 2 aliphatic carbocycles. The van der Waals surface area contributed by atoms with E-state index in [0.717, 1.165) is 24.2 Å². The molecule has 0 radical (unpaired) electrons. The van der Waals surface area contributed by atoms with Gasteiger partial charge in [-0.05, 0) is 85.5 Å². The van der Waals surface area contributed by atoms with Crippen LogP contribution in [-0.2, 0) is 0 Å². The van der Waals surface area contributed by atoms with Gasteiger partial charge in [-0.1, -0.05) is 109 Å². The summed E-state index contributed by atoms with van der Waals surface area (Å²) in [7, 11) is 0. The molecule has 1 unspecified atom stereocenters. The largest absolute Gasteiger partial charge is 0.334 e. The molecule has 196 valence electrons. The minimum atomic E-state index is 0.299. The molecular weight excluding hydrogens is 484 g/mol. The van der Waals surface area contributed by atoms with Crippen molar-refractivity contribution in [2.45, 2.75) is 25.8 Å². The minimum Gasteiger partial charge on any atom is -0.334 e. The van der Waals surface area contributed by atoms with Crippen molar-refractivity contribution >= 4 is 22.7 Å². The van der Waals surface area contributed by atoms with E-state index in [2.05, 4.69) is 175 Å². The highest BCUT2D eigenvalue weighted by Gasteiger charge is 2.19. The van der Waals surface area contributed by atoms with Crippen molar-refractivity contribution in [1.82, 2.24) is 0 Å². The van der Waals surface area contributed by atoms with Crippen molar-refractivity contribution in [2.24, 2.45) is 0 Å². The highest BCUT2D eigenvalue weighted by atomic mass is 15.2. The second-order valence-electron chi connectivity index (χ2n) is 10.2. The maximum Gasteiger partial charge on any atom is 0.0559 e. The Morgan fingerprint density at radius 2 is 1.18 bits per heavy atom. The zero-order valence-electron chi connectivity index (χ0n) is 22.9. The number of hydrogen-bond acceptors (Lipinski definition) is 2. The van der Waals surface area contributed by atoms with Crippen molar-refractivity contribution in [1.29, 1.82) is 0 Å². The average Bonchev–Trinajstić information content (AvgIpc) is 3.30. The topological polar surface area (TPSA) is 6.48 Å². The number of para-hydroxylation sites is 1. The lowest BCUT2D eigenvalue weighted by atomic mass is 10.0. The summed E-state index contributed by atoms with van der Waals surface area (Å²) in [4.78, 5) is 4.76. The molecule has 0 bridgehead atoms. The highest BCUT2D eigenvalue weighted by molar-refractivity contribution is 5.75. The van der Waals surface area contributed by atoms with Gasteiger partial charge in [0.25, 0.3) is 0 Å². The Morgan fingerprint density at radius 3 is 1.82 bits per heavy atom. The van der Waals surface area contributed by atoms with Crippen LogP contribution in [0.25, 0.3) is 11.1 Å². The van der Waals surface area contributed by atoms with E-state index in [4.69, 9.17) is 0 Å². The van der Waals surface area contributed by atoms with Crippen LogP contribution in [0.15, 0.2) is 164 Å². The lowest BCUT2D eigenvalue weighted by molar-refractivity contribution is 0.785. The smallest absolute Gasteiger partial charge is 0.0559 e. The maximum atomic E-state index is 2.43. The number of allylic oxidation sites excluding steroid dienone is 7. The van der Waals surface area contributed by atoms with Crippen LogP contribution >= 0.6 is 0 Å². The van der Waals surface area contributed by atoms with Gasteiger partial charge in [0.05, 0.1) is 6.04 Å². The van der Waals surface area contributed by atoms with Crippen molar-refractivity contribution in [2.75, 3.05) is 9.80 Å². The highest BCUT2D eigenvalue weighted by Crippen LogP contribution is 2.35. The molecular formula is C38H34N2. The Kier molecular flexibility index (Phi) is 7.59. The summed E-state index contributed by atoms with van der Waals surface area (Å²) in [5.74, 6) is 0. The molecule has 4 aromatic carbocycles. The summed E-state index contributed by atoms with van der Waals surface area (Å²) in [6.45, 7) is 2.13. The Hall–Kier alpha value is -4.82. The number of rotatable bonds is 7. The Labute approximate surface area is 238 Å². The van der Waals surface area contributed by atoms with Gasteiger partial charge in [0.15, 0.2) is 0 Å². The summed E-state index contributed by atoms with van der Waals surface area (Å²) in [6, 6.07) is 37.6. The Morgan fingerprint density at radius 1 is 0.575 bits per heavy atom. The van der Waals surface area contributed by atoms with Crippen molar-refractivity contribution in [3.05, 3.63) is 169 Å². The first kappa shape index (κ1) is 25.5. The van der Waals surface area contributed by atoms with Crippen LogP contribution in [0.2, 0.25) is 0 Å². The Balaban J connectivity index is 1.29. The number of hydrogen-bond donors (Lipinski definition) is 0. The molecule has 2 heteroatoms. The average molecular weight is 519 g/mol. The zero-order valence-corrected chi connectivity index (χ0v) is 22.9. The first-order valence-electron chi connectivity index (χ1n) is 14.0. The number of anilines is 4. The molecule has 0 spiro atoms. The van der Waals surface area contributed by atoms with Crippen LogP contribution in [0.4, 0.5) is 22.7 Å². The predicted molar refractivity (Wildman–Crippen MR) is 171 cm³/mol. The fraction of sp³-hybridized carbons (Fsp3) is 0.105. The second-order valence-corrected chi connectivity index (χ2v) is 10.2. The van der Waals surface area contributed by atoms with E-state index in [0.29, 0.717) is 6.04 Å². The van der Waals surface area contributed by atoms with E-state index >= 15 is 0 Å². The molecule has 0 saturated heterocycles. The van der Waals surface area contributed by atoms with Crippen LogP contribution in [0.1, 0.15) is 18.4 Å².